The highest BCUT2D eigenvalue weighted by Crippen LogP contribution is 2.19. The predicted octanol–water partition coefficient (Wildman–Crippen LogP) is 4.67. The van der Waals surface area contributed by atoms with Gasteiger partial charge in [0.15, 0.2) is 0 Å². The van der Waals surface area contributed by atoms with Crippen LogP contribution in [-0.2, 0) is 13.0 Å². The molecule has 2 aromatic carbocycles. The third-order valence-electron chi connectivity index (χ3n) is 4.43. The second-order valence-electron chi connectivity index (χ2n) is 7.27. The summed E-state index contributed by atoms with van der Waals surface area (Å²) < 4.78 is 141. The first kappa shape index (κ1) is 10.3. The Morgan fingerprint density at radius 2 is 1.87 bits per heavy atom. The molecule has 0 aliphatic carbocycles. The Labute approximate surface area is 206 Å². The van der Waals surface area contributed by atoms with Crippen LogP contribution in [0.15, 0.2) is 48.3 Å². The molecule has 0 saturated carbocycles. The predicted molar refractivity (Wildman–Crippen MR) is 121 cm³/mol. The number of halogens is 1. The van der Waals surface area contributed by atoms with Crippen molar-refractivity contribution in [3.63, 3.8) is 0 Å². The lowest BCUT2D eigenvalue weighted by Crippen LogP contribution is -2.49. The minimum atomic E-state index is -3.11. The summed E-state index contributed by atoms with van der Waals surface area (Å²) >= 11 is 0. The van der Waals surface area contributed by atoms with Gasteiger partial charge in [0.05, 0.1) is 23.0 Å². The molecule has 1 N–H and O–H groups in total. The van der Waals surface area contributed by atoms with Crippen molar-refractivity contribution >= 4 is 6.03 Å². The number of hydrogen-bond acceptors (Lipinski definition) is 3. The number of carbonyl (C=O) groups excluding carboxylic acids is 1. The number of hydrogen-bond donors (Lipinski definition) is 1. The number of urea groups is 1. The van der Waals surface area contributed by atoms with E-state index in [2.05, 4.69) is 0 Å². The van der Waals surface area contributed by atoms with Crippen LogP contribution in [0.25, 0.3) is 0 Å². The fourth-order valence-corrected chi connectivity index (χ4v) is 2.90. The first-order valence-corrected chi connectivity index (χ1v) is 9.82. The Hall–Kier alpha value is -2.60. The Morgan fingerprint density at radius 1 is 1.23 bits per heavy atom. The zero-order valence-corrected chi connectivity index (χ0v) is 17.3. The summed E-state index contributed by atoms with van der Waals surface area (Å²) in [6.07, 6.45) is 0.0618. The maximum absolute atomic E-state index is 14.2. The lowest BCUT2D eigenvalue weighted by molar-refractivity contribution is 0.127. The number of nitrogens with zero attached hydrogens (tertiary/aromatic N) is 2. The highest BCUT2D eigenvalue weighted by Gasteiger charge is 2.27. The van der Waals surface area contributed by atoms with E-state index in [0.717, 1.165) is 4.90 Å². The number of benzene rings is 2. The van der Waals surface area contributed by atoms with Gasteiger partial charge in [0, 0.05) is 23.2 Å². The molecule has 0 atom stereocenters. The molecule has 1 aliphatic rings. The number of amides is 2. The Morgan fingerprint density at radius 3 is 2.48 bits per heavy atom. The van der Waals surface area contributed by atoms with Crippen molar-refractivity contribution in [1.29, 1.82) is 0 Å². The first-order chi connectivity index (χ1) is 20.9. The van der Waals surface area contributed by atoms with Gasteiger partial charge in [-0.1, -0.05) is 38.0 Å². The van der Waals surface area contributed by atoms with E-state index >= 15 is 0 Å². The fourth-order valence-electron chi connectivity index (χ4n) is 2.90. The monoisotopic (exact) mass is 442 g/mol. The number of piperidine rings is 1. The van der Waals surface area contributed by atoms with Crippen LogP contribution in [0.1, 0.15) is 58.4 Å². The van der Waals surface area contributed by atoms with Crippen molar-refractivity contribution in [2.24, 2.45) is 5.92 Å². The Kier molecular flexibility index (Phi) is 3.72. The molecule has 1 heterocycles. The molecular formula is C25H34FN3O2. The summed E-state index contributed by atoms with van der Waals surface area (Å²) in [6.45, 7) is -5.75. The molecular weight excluding hydrogens is 393 g/mol. The van der Waals surface area contributed by atoms with Crippen LogP contribution < -0.4 is 10.1 Å². The minimum Gasteiger partial charge on any atom is -0.493 e. The van der Waals surface area contributed by atoms with Crippen molar-refractivity contribution < 1.29 is 34.5 Å². The average molecular weight is 443 g/mol. The van der Waals surface area contributed by atoms with E-state index in [1.54, 1.807) is 0 Å². The molecule has 0 spiro atoms. The maximum atomic E-state index is 14.2. The van der Waals surface area contributed by atoms with Gasteiger partial charge in [-0.05, 0) is 74.1 Å². The highest BCUT2D eigenvalue weighted by molar-refractivity contribution is 5.74. The van der Waals surface area contributed by atoms with Crippen molar-refractivity contribution in [2.75, 3.05) is 26.6 Å². The van der Waals surface area contributed by atoms with E-state index in [1.165, 1.54) is 18.7 Å². The smallest absolute Gasteiger partial charge is 0.318 e. The molecule has 2 amide bonds. The second kappa shape index (κ2) is 11.1. The van der Waals surface area contributed by atoms with E-state index < -0.39 is 116 Å². The van der Waals surface area contributed by atoms with Crippen LogP contribution in [0.5, 0.6) is 5.75 Å². The van der Waals surface area contributed by atoms with Crippen molar-refractivity contribution in [1.82, 2.24) is 15.1 Å². The van der Waals surface area contributed by atoms with Crippen molar-refractivity contribution in [2.45, 2.75) is 45.8 Å². The third kappa shape index (κ3) is 7.24. The van der Waals surface area contributed by atoms with Gasteiger partial charge >= 0.3 is 6.03 Å². The quantitative estimate of drug-likeness (QED) is 0.646. The van der Waals surface area contributed by atoms with Crippen LogP contribution in [0, 0.1) is 11.7 Å². The maximum Gasteiger partial charge on any atom is 0.318 e. The molecule has 0 radical (unpaired) electrons. The average Bonchev–Trinajstić information content (AvgIpc) is 2.95. The number of likely N-dealkylation sites (tertiary alicyclic amines) is 1. The Balaban J connectivity index is 2.05. The summed E-state index contributed by atoms with van der Waals surface area (Å²) in [4.78, 5) is 15.9. The molecule has 0 aromatic heterocycles. The molecule has 31 heavy (non-hydrogen) atoms. The van der Waals surface area contributed by atoms with Crippen LogP contribution in [0.2, 0.25) is 0 Å². The van der Waals surface area contributed by atoms with E-state index in [4.69, 9.17) is 25.3 Å². The molecule has 3 rings (SSSR count). The molecule has 1 saturated heterocycles. The summed E-state index contributed by atoms with van der Waals surface area (Å²) in [5.74, 6) is -2.93. The minimum absolute atomic E-state index is 0.0282. The first-order valence-electron chi connectivity index (χ1n) is 17.3. The van der Waals surface area contributed by atoms with Gasteiger partial charge in [-0.15, -0.1) is 0 Å². The lowest BCUT2D eigenvalue weighted by Gasteiger charge is -2.37. The van der Waals surface area contributed by atoms with E-state index in [1.807, 2.05) is 5.32 Å². The molecule has 168 valence electrons. The van der Waals surface area contributed by atoms with Crippen molar-refractivity contribution in [3.8, 4) is 5.75 Å². The normalized spacial score (nSPS) is 23.4. The van der Waals surface area contributed by atoms with Gasteiger partial charge in [-0.25, -0.2) is 9.18 Å². The molecule has 2 aromatic rings. The largest absolute Gasteiger partial charge is 0.493 e. The Bertz CT molecular complexity index is 1440. The molecule has 1 aliphatic heterocycles. The van der Waals surface area contributed by atoms with Crippen molar-refractivity contribution in [3.05, 3.63) is 65.3 Å². The lowest BCUT2D eigenvalue weighted by atomic mass is 10.0. The van der Waals surface area contributed by atoms with Gasteiger partial charge in [-0.2, -0.15) is 0 Å². The highest BCUT2D eigenvalue weighted by atomic mass is 19.1. The fraction of sp³-hybridized carbons (Fsp3) is 0.480. The number of nitrogens with one attached hydrogen (secondary N) is 1. The number of ether oxygens (including phenoxy) is 1. The summed E-state index contributed by atoms with van der Waals surface area (Å²) in [7, 11) is 0. The number of rotatable bonds is 8. The van der Waals surface area contributed by atoms with E-state index in [0.29, 0.717) is 0 Å². The molecule has 1 fully saturated rings. The van der Waals surface area contributed by atoms with Gasteiger partial charge in [-0.3, -0.25) is 0 Å². The van der Waals surface area contributed by atoms with E-state index in [9.17, 15) is 9.18 Å². The summed E-state index contributed by atoms with van der Waals surface area (Å²) in [5.41, 5.74) is -1.30. The van der Waals surface area contributed by atoms with Crippen LogP contribution in [-0.4, -0.2) is 48.5 Å². The number of carbonyl (C=O) groups is 1. The zero-order valence-electron chi connectivity index (χ0n) is 32.3. The molecule has 0 unspecified atom stereocenters. The topological polar surface area (TPSA) is 44.8 Å². The van der Waals surface area contributed by atoms with Gasteiger partial charge in [0.25, 0.3) is 0 Å². The van der Waals surface area contributed by atoms with E-state index in [-0.39, 0.29) is 25.9 Å². The van der Waals surface area contributed by atoms with Gasteiger partial charge in [0.1, 0.15) is 11.6 Å². The molecule has 0 bridgehead atoms. The van der Waals surface area contributed by atoms with Crippen LogP contribution in [0.4, 0.5) is 9.18 Å². The summed E-state index contributed by atoms with van der Waals surface area (Å²) in [5, 5.41) is 2.02. The standard InChI is InChI=1S/C25H34FN3O2/c1-19(2)18-31-24-10-6-20(7-11-24)16-27-25(30)29(23-12-14-28(3)15-13-23)17-21-4-8-22(26)9-5-21/h4-11,19,23H,12-18H2,1-3H3,(H,27,30)/i3D3,4D,5D,6D,7D,8D,9D,10D,11D,16D2,18D2. The van der Waals surface area contributed by atoms with Crippen LogP contribution in [0.3, 0.4) is 0 Å². The second-order valence-corrected chi connectivity index (χ2v) is 7.27. The SMILES string of the molecule is [2H]c1c([2H])c(CN(C(=O)NC([2H])([2H])c2c([2H])c([2H])c(OC([2H])([2H])C(C)C)c([2H])c2[2H])C2CCN(C([2H])([2H])[2H])CC2)c([2H])c([2H])c1F. The molecule has 6 heteroatoms. The third-order valence-corrected chi connectivity index (χ3v) is 4.43. The van der Waals surface area contributed by atoms with Crippen LogP contribution >= 0.6 is 0 Å². The molecule has 5 nitrogen and oxygen atoms in total. The zero-order chi connectivity index (χ0) is 35.3. The summed E-state index contributed by atoms with van der Waals surface area (Å²) in [6, 6.07) is -9.33. The van der Waals surface area contributed by atoms with Gasteiger partial charge < -0.3 is 19.9 Å². The van der Waals surface area contributed by atoms with Gasteiger partial charge in [0.2, 0.25) is 0 Å².